The van der Waals surface area contributed by atoms with Gasteiger partial charge in [-0.2, -0.15) is 0 Å². The molecule has 0 aliphatic carbocycles. The number of ketones is 1. The lowest BCUT2D eigenvalue weighted by atomic mass is 9.83. The van der Waals surface area contributed by atoms with Crippen LogP contribution in [0.25, 0.3) is 0 Å². The van der Waals surface area contributed by atoms with Gasteiger partial charge in [-0.3, -0.25) is 4.79 Å². The van der Waals surface area contributed by atoms with E-state index in [1.165, 1.54) is 5.56 Å². The minimum absolute atomic E-state index is 0.141. The van der Waals surface area contributed by atoms with Gasteiger partial charge in [-0.05, 0) is 28.9 Å². The largest absolute Gasteiger partial charge is 0.370 e. The molecule has 0 aliphatic heterocycles. The second-order valence-electron chi connectivity index (χ2n) is 7.79. The Hall–Kier alpha value is -1.15. The zero-order chi connectivity index (χ0) is 16.3. The maximum absolute atomic E-state index is 12.5. The van der Waals surface area contributed by atoms with Crippen molar-refractivity contribution >= 4 is 5.78 Å². The van der Waals surface area contributed by atoms with Gasteiger partial charge in [0, 0.05) is 13.0 Å². The smallest absolute Gasteiger partial charge is 0.166 e. The summed E-state index contributed by atoms with van der Waals surface area (Å²) in [4.78, 5) is 12.5. The molecule has 0 fully saturated rings. The summed E-state index contributed by atoms with van der Waals surface area (Å²) < 4.78 is 5.67. The van der Waals surface area contributed by atoms with Crippen LogP contribution in [0.15, 0.2) is 24.3 Å². The number of rotatable bonds is 5. The molecule has 1 atom stereocenters. The van der Waals surface area contributed by atoms with E-state index in [-0.39, 0.29) is 22.7 Å². The number of hydrogen-bond donors (Lipinski definition) is 0. The van der Waals surface area contributed by atoms with Gasteiger partial charge < -0.3 is 4.74 Å². The first-order chi connectivity index (χ1) is 9.55. The normalized spacial score (nSPS) is 14.0. The van der Waals surface area contributed by atoms with Gasteiger partial charge >= 0.3 is 0 Å². The van der Waals surface area contributed by atoms with E-state index in [1.54, 1.807) is 0 Å². The standard InChI is InChI=1S/C19H30O2/c1-8-21-17(19(5,6)7)16(20)13-14-9-11-15(12-10-14)18(2,3)4/h9-12,17H,8,13H2,1-7H3. The van der Waals surface area contributed by atoms with Crippen LogP contribution in [-0.2, 0) is 21.4 Å². The van der Waals surface area contributed by atoms with Crippen LogP contribution in [0.1, 0.15) is 59.6 Å². The molecule has 0 spiro atoms. The maximum atomic E-state index is 12.5. The third kappa shape index (κ3) is 5.28. The van der Waals surface area contributed by atoms with Gasteiger partial charge in [-0.1, -0.05) is 65.8 Å². The molecule has 0 saturated heterocycles. The molecule has 0 N–H and O–H groups in total. The molecule has 2 heteroatoms. The zero-order valence-corrected chi connectivity index (χ0v) is 14.6. The first-order valence-corrected chi connectivity index (χ1v) is 7.79. The molecule has 0 bridgehead atoms. The van der Waals surface area contributed by atoms with E-state index in [1.807, 2.05) is 27.7 Å². The van der Waals surface area contributed by atoms with Crippen molar-refractivity contribution in [3.63, 3.8) is 0 Å². The Morgan fingerprint density at radius 2 is 1.57 bits per heavy atom. The van der Waals surface area contributed by atoms with Crippen molar-refractivity contribution in [2.45, 2.75) is 66.4 Å². The number of hydrogen-bond acceptors (Lipinski definition) is 2. The first kappa shape index (κ1) is 17.9. The summed E-state index contributed by atoms with van der Waals surface area (Å²) in [6.45, 7) is 15.2. The quantitative estimate of drug-likeness (QED) is 0.795. The predicted octanol–water partition coefficient (Wildman–Crippen LogP) is 4.55. The lowest BCUT2D eigenvalue weighted by molar-refractivity contribution is -0.136. The molecular weight excluding hydrogens is 260 g/mol. The van der Waals surface area contributed by atoms with Crippen LogP contribution >= 0.6 is 0 Å². The van der Waals surface area contributed by atoms with E-state index in [0.29, 0.717) is 13.0 Å². The van der Waals surface area contributed by atoms with Gasteiger partial charge in [0.2, 0.25) is 0 Å². The molecule has 0 aromatic heterocycles. The van der Waals surface area contributed by atoms with E-state index < -0.39 is 0 Å². The molecule has 0 aliphatic rings. The average molecular weight is 290 g/mol. The van der Waals surface area contributed by atoms with Crippen molar-refractivity contribution in [2.24, 2.45) is 5.41 Å². The Bertz CT molecular complexity index is 458. The summed E-state index contributed by atoms with van der Waals surface area (Å²) in [6, 6.07) is 8.36. The number of Topliss-reactive ketones (excluding diaryl/α,β-unsaturated/α-hetero) is 1. The SMILES string of the molecule is CCOC(C(=O)Cc1ccc(C(C)(C)C)cc1)C(C)(C)C. The summed E-state index contributed by atoms with van der Waals surface area (Å²) in [5.41, 5.74) is 2.32. The molecule has 1 aromatic rings. The third-order valence-corrected chi connectivity index (χ3v) is 3.61. The molecule has 1 rings (SSSR count). The second-order valence-corrected chi connectivity index (χ2v) is 7.79. The highest BCUT2D eigenvalue weighted by atomic mass is 16.5. The highest BCUT2D eigenvalue weighted by molar-refractivity contribution is 5.86. The van der Waals surface area contributed by atoms with E-state index in [2.05, 4.69) is 45.0 Å². The van der Waals surface area contributed by atoms with Gasteiger partial charge in [0.25, 0.3) is 0 Å². The Balaban J connectivity index is 2.82. The van der Waals surface area contributed by atoms with Crippen molar-refractivity contribution in [1.82, 2.24) is 0 Å². The lowest BCUT2D eigenvalue weighted by Crippen LogP contribution is -2.38. The van der Waals surface area contributed by atoms with Crippen LogP contribution in [0, 0.1) is 5.41 Å². The summed E-state index contributed by atoms with van der Waals surface area (Å²) in [7, 11) is 0. The summed E-state index contributed by atoms with van der Waals surface area (Å²) in [5, 5.41) is 0. The van der Waals surface area contributed by atoms with E-state index in [4.69, 9.17) is 4.74 Å². The zero-order valence-electron chi connectivity index (χ0n) is 14.6. The van der Waals surface area contributed by atoms with Gasteiger partial charge in [0.1, 0.15) is 6.10 Å². The Labute approximate surface area is 129 Å². The molecule has 21 heavy (non-hydrogen) atoms. The van der Waals surface area contributed by atoms with Crippen molar-refractivity contribution in [1.29, 1.82) is 0 Å². The monoisotopic (exact) mass is 290 g/mol. The Kier molecular flexibility index (Phi) is 5.75. The van der Waals surface area contributed by atoms with E-state index in [9.17, 15) is 4.79 Å². The summed E-state index contributed by atoms with van der Waals surface area (Å²) in [6.07, 6.45) is 0.0941. The number of benzene rings is 1. The molecule has 1 unspecified atom stereocenters. The van der Waals surface area contributed by atoms with Crippen molar-refractivity contribution in [3.05, 3.63) is 35.4 Å². The summed E-state index contributed by atoms with van der Waals surface area (Å²) >= 11 is 0. The average Bonchev–Trinajstić information content (AvgIpc) is 2.34. The number of carbonyl (C=O) groups excluding carboxylic acids is 1. The van der Waals surface area contributed by atoms with Gasteiger partial charge in [-0.15, -0.1) is 0 Å². The van der Waals surface area contributed by atoms with E-state index in [0.717, 1.165) is 5.56 Å². The van der Waals surface area contributed by atoms with Crippen LogP contribution in [-0.4, -0.2) is 18.5 Å². The molecule has 0 radical (unpaired) electrons. The molecule has 1 aromatic carbocycles. The van der Waals surface area contributed by atoms with Crippen LogP contribution < -0.4 is 0 Å². The highest BCUT2D eigenvalue weighted by Gasteiger charge is 2.31. The van der Waals surface area contributed by atoms with Crippen molar-refractivity contribution in [2.75, 3.05) is 6.61 Å². The summed E-state index contributed by atoms with van der Waals surface area (Å²) in [5.74, 6) is 0.160. The Morgan fingerprint density at radius 3 is 1.95 bits per heavy atom. The lowest BCUT2D eigenvalue weighted by Gasteiger charge is -2.29. The fourth-order valence-electron chi connectivity index (χ4n) is 2.41. The molecular formula is C19H30O2. The highest BCUT2D eigenvalue weighted by Crippen LogP contribution is 2.25. The minimum Gasteiger partial charge on any atom is -0.370 e. The molecule has 118 valence electrons. The minimum atomic E-state index is -0.343. The van der Waals surface area contributed by atoms with Crippen LogP contribution in [0.5, 0.6) is 0 Å². The van der Waals surface area contributed by atoms with Gasteiger partial charge in [-0.25, -0.2) is 0 Å². The van der Waals surface area contributed by atoms with Crippen molar-refractivity contribution in [3.8, 4) is 0 Å². The topological polar surface area (TPSA) is 26.3 Å². The number of carbonyl (C=O) groups is 1. The predicted molar refractivity (Wildman–Crippen MR) is 88.7 cm³/mol. The van der Waals surface area contributed by atoms with Gasteiger partial charge in [0.15, 0.2) is 5.78 Å². The first-order valence-electron chi connectivity index (χ1n) is 7.79. The van der Waals surface area contributed by atoms with E-state index >= 15 is 0 Å². The Morgan fingerprint density at radius 1 is 1.05 bits per heavy atom. The third-order valence-electron chi connectivity index (χ3n) is 3.61. The molecule has 0 saturated carbocycles. The molecule has 0 heterocycles. The van der Waals surface area contributed by atoms with Crippen LogP contribution in [0.2, 0.25) is 0 Å². The van der Waals surface area contributed by atoms with Gasteiger partial charge in [0.05, 0.1) is 0 Å². The van der Waals surface area contributed by atoms with Crippen LogP contribution in [0.3, 0.4) is 0 Å². The fourth-order valence-corrected chi connectivity index (χ4v) is 2.41. The fraction of sp³-hybridized carbons (Fsp3) is 0.632. The molecule has 0 amide bonds. The van der Waals surface area contributed by atoms with Crippen molar-refractivity contribution < 1.29 is 9.53 Å². The maximum Gasteiger partial charge on any atom is 0.166 e. The molecule has 2 nitrogen and oxygen atoms in total. The van der Waals surface area contributed by atoms with Crippen LogP contribution in [0.4, 0.5) is 0 Å². The number of ether oxygens (including phenoxy) is 1. The second kappa shape index (κ2) is 6.74.